The zero-order valence-electron chi connectivity index (χ0n) is 8.97. The Hall–Kier alpha value is -0.900. The van der Waals surface area contributed by atoms with Crippen LogP contribution in [-0.4, -0.2) is 20.8 Å². The molecule has 0 aromatic carbocycles. The molecule has 1 aromatic heterocycles. The van der Waals surface area contributed by atoms with Gasteiger partial charge in [0.25, 0.3) is 0 Å². The summed E-state index contributed by atoms with van der Waals surface area (Å²) in [6, 6.07) is 1.11. The van der Waals surface area contributed by atoms with Crippen LogP contribution >= 0.6 is 0 Å². The third-order valence-corrected chi connectivity index (χ3v) is 3.68. The Labute approximate surface area is 89.9 Å². The summed E-state index contributed by atoms with van der Waals surface area (Å²) in [5.41, 5.74) is 5.92. The summed E-state index contributed by atoms with van der Waals surface area (Å²) in [6.07, 6.45) is 9.17. The molecule has 1 aromatic rings. The molecule has 0 radical (unpaired) electrons. The summed E-state index contributed by atoms with van der Waals surface area (Å²) in [6.45, 7) is 0. The highest BCUT2D eigenvalue weighted by molar-refractivity contribution is 5.03. The molecule has 0 saturated heterocycles. The molecule has 0 spiro atoms. The van der Waals surface area contributed by atoms with Gasteiger partial charge in [-0.2, -0.15) is 0 Å². The van der Waals surface area contributed by atoms with Crippen LogP contribution in [-0.2, 0) is 0 Å². The molecule has 0 bridgehead atoms. The van der Waals surface area contributed by atoms with Gasteiger partial charge in [0, 0.05) is 18.0 Å². The Bertz CT molecular complexity index is 334. The second-order valence-electron chi connectivity index (χ2n) is 4.94. The first kappa shape index (κ1) is 9.33. The summed E-state index contributed by atoms with van der Waals surface area (Å²) in [4.78, 5) is 0. The first-order valence-corrected chi connectivity index (χ1v) is 5.99. The number of rotatable bonds is 2. The van der Waals surface area contributed by atoms with Gasteiger partial charge in [0.05, 0.1) is 0 Å². The topological polar surface area (TPSA) is 56.7 Å². The van der Waals surface area contributed by atoms with E-state index in [-0.39, 0.29) is 0 Å². The first-order chi connectivity index (χ1) is 7.34. The van der Waals surface area contributed by atoms with Crippen LogP contribution in [0.4, 0.5) is 0 Å². The van der Waals surface area contributed by atoms with E-state index in [0.717, 1.165) is 12.8 Å². The minimum absolute atomic E-state index is 0.415. The van der Waals surface area contributed by atoms with Crippen LogP contribution in [0.3, 0.4) is 0 Å². The van der Waals surface area contributed by atoms with E-state index in [1.165, 1.54) is 31.5 Å². The Morgan fingerprint density at radius 2 is 1.87 bits per heavy atom. The zero-order valence-corrected chi connectivity index (χ0v) is 8.97. The highest BCUT2D eigenvalue weighted by Gasteiger charge is 2.30. The summed E-state index contributed by atoms with van der Waals surface area (Å²) >= 11 is 0. The van der Waals surface area contributed by atoms with Crippen LogP contribution in [0.5, 0.6) is 0 Å². The van der Waals surface area contributed by atoms with Crippen molar-refractivity contribution < 1.29 is 0 Å². The minimum atomic E-state index is 0.415. The average Bonchev–Trinajstić information content (AvgIpc) is 2.98. The molecule has 0 aliphatic heterocycles. The monoisotopic (exact) mass is 206 g/mol. The molecule has 15 heavy (non-hydrogen) atoms. The molecule has 2 saturated carbocycles. The number of nitrogens with zero attached hydrogens (tertiary/aromatic N) is 3. The number of nitrogens with two attached hydrogens (primary N) is 1. The summed E-state index contributed by atoms with van der Waals surface area (Å²) in [5.74, 6) is 1.82. The van der Waals surface area contributed by atoms with Crippen molar-refractivity contribution in [2.24, 2.45) is 5.73 Å². The van der Waals surface area contributed by atoms with E-state index in [4.69, 9.17) is 5.73 Å². The lowest BCUT2D eigenvalue weighted by molar-refractivity contribution is 0.375. The Balaban J connectivity index is 1.77. The second-order valence-corrected chi connectivity index (χ2v) is 4.94. The smallest absolute Gasteiger partial charge is 0.136 e. The average molecular weight is 206 g/mol. The molecule has 4 heteroatoms. The molecule has 3 rings (SSSR count). The predicted octanol–water partition coefficient (Wildman–Crippen LogP) is 1.60. The Morgan fingerprint density at radius 3 is 2.53 bits per heavy atom. The lowest BCUT2D eigenvalue weighted by Crippen LogP contribution is -2.26. The van der Waals surface area contributed by atoms with Crippen molar-refractivity contribution in [1.29, 1.82) is 0 Å². The van der Waals surface area contributed by atoms with E-state index in [0.29, 0.717) is 18.0 Å². The highest BCUT2D eigenvalue weighted by Crippen LogP contribution is 2.39. The van der Waals surface area contributed by atoms with E-state index >= 15 is 0 Å². The first-order valence-electron chi connectivity index (χ1n) is 5.99. The fraction of sp³-hybridized carbons (Fsp3) is 0.818. The normalized spacial score (nSPS) is 31.8. The van der Waals surface area contributed by atoms with Crippen LogP contribution in [0.2, 0.25) is 0 Å². The van der Waals surface area contributed by atoms with Crippen molar-refractivity contribution >= 4 is 0 Å². The molecule has 2 aliphatic carbocycles. The lowest BCUT2D eigenvalue weighted by Gasteiger charge is -2.25. The van der Waals surface area contributed by atoms with Gasteiger partial charge in [-0.15, -0.1) is 10.2 Å². The van der Waals surface area contributed by atoms with E-state index in [9.17, 15) is 0 Å². The largest absolute Gasteiger partial charge is 0.328 e. The van der Waals surface area contributed by atoms with Gasteiger partial charge in [-0.3, -0.25) is 0 Å². The maximum absolute atomic E-state index is 5.92. The third-order valence-electron chi connectivity index (χ3n) is 3.68. The van der Waals surface area contributed by atoms with E-state index in [1.54, 1.807) is 0 Å². The van der Waals surface area contributed by atoms with Crippen LogP contribution in [0.15, 0.2) is 6.33 Å². The Morgan fingerprint density at radius 1 is 1.13 bits per heavy atom. The molecular formula is C11H18N4. The predicted molar refractivity (Wildman–Crippen MR) is 57.5 cm³/mol. The van der Waals surface area contributed by atoms with Crippen molar-refractivity contribution in [2.75, 3.05) is 0 Å². The molecule has 2 N–H and O–H groups in total. The number of aromatic nitrogens is 3. The molecule has 1 heterocycles. The van der Waals surface area contributed by atoms with Crippen molar-refractivity contribution in [3.05, 3.63) is 12.2 Å². The van der Waals surface area contributed by atoms with Gasteiger partial charge in [-0.1, -0.05) is 0 Å². The van der Waals surface area contributed by atoms with Crippen molar-refractivity contribution in [3.63, 3.8) is 0 Å². The van der Waals surface area contributed by atoms with E-state index in [2.05, 4.69) is 14.8 Å². The van der Waals surface area contributed by atoms with E-state index in [1.807, 2.05) is 6.33 Å². The molecular weight excluding hydrogens is 188 g/mol. The van der Waals surface area contributed by atoms with Gasteiger partial charge in [0.2, 0.25) is 0 Å². The van der Waals surface area contributed by atoms with Crippen LogP contribution in [0.25, 0.3) is 0 Å². The molecule has 2 fully saturated rings. The molecule has 82 valence electrons. The van der Waals surface area contributed by atoms with Crippen molar-refractivity contribution in [2.45, 2.75) is 56.5 Å². The molecule has 0 atom stereocenters. The van der Waals surface area contributed by atoms with Crippen molar-refractivity contribution in [3.8, 4) is 0 Å². The van der Waals surface area contributed by atoms with Gasteiger partial charge in [-0.25, -0.2) is 0 Å². The van der Waals surface area contributed by atoms with Crippen molar-refractivity contribution in [1.82, 2.24) is 14.8 Å². The SMILES string of the molecule is NC1CCC(c2nncn2C2CC2)CC1. The number of hydrogen-bond acceptors (Lipinski definition) is 3. The standard InChI is InChI=1S/C11H18N4/c12-9-3-1-8(2-4-9)11-14-13-7-15(11)10-5-6-10/h7-10H,1-6,12H2. The molecule has 0 unspecified atom stereocenters. The second kappa shape index (κ2) is 3.59. The van der Waals surface area contributed by atoms with Gasteiger partial charge >= 0.3 is 0 Å². The number of hydrogen-bond donors (Lipinski definition) is 1. The highest BCUT2D eigenvalue weighted by atomic mass is 15.3. The fourth-order valence-electron chi connectivity index (χ4n) is 2.56. The minimum Gasteiger partial charge on any atom is -0.328 e. The van der Waals surface area contributed by atoms with E-state index < -0.39 is 0 Å². The van der Waals surface area contributed by atoms with Crippen LogP contribution < -0.4 is 5.73 Å². The summed E-state index contributed by atoms with van der Waals surface area (Å²) < 4.78 is 2.29. The maximum atomic E-state index is 5.92. The fourth-order valence-corrected chi connectivity index (χ4v) is 2.56. The summed E-state index contributed by atoms with van der Waals surface area (Å²) in [5, 5.41) is 8.36. The van der Waals surface area contributed by atoms with Gasteiger partial charge < -0.3 is 10.3 Å². The zero-order chi connectivity index (χ0) is 10.3. The molecule has 4 nitrogen and oxygen atoms in total. The quantitative estimate of drug-likeness (QED) is 0.799. The van der Waals surface area contributed by atoms with Gasteiger partial charge in [0.1, 0.15) is 12.2 Å². The Kier molecular flexibility index (Phi) is 2.24. The third kappa shape index (κ3) is 1.78. The lowest BCUT2D eigenvalue weighted by atomic mass is 9.86. The van der Waals surface area contributed by atoms with Crippen LogP contribution in [0, 0.1) is 0 Å². The summed E-state index contributed by atoms with van der Waals surface area (Å²) in [7, 11) is 0. The van der Waals surface area contributed by atoms with Crippen LogP contribution in [0.1, 0.15) is 56.3 Å². The van der Waals surface area contributed by atoms with Gasteiger partial charge in [0.15, 0.2) is 0 Å². The maximum Gasteiger partial charge on any atom is 0.136 e. The molecule has 0 amide bonds. The van der Waals surface area contributed by atoms with Gasteiger partial charge in [-0.05, 0) is 38.5 Å². The molecule has 2 aliphatic rings.